The van der Waals surface area contributed by atoms with E-state index in [0.29, 0.717) is 12.3 Å². The molecule has 1 unspecified atom stereocenters. The minimum absolute atomic E-state index is 0.102. The number of carbonyl (C=O) groups excluding carboxylic acids is 1. The fraction of sp³-hybridized carbons (Fsp3) is 0.533. The Morgan fingerprint density at radius 3 is 3.11 bits per heavy atom. The van der Waals surface area contributed by atoms with E-state index in [1.54, 1.807) is 0 Å². The zero-order chi connectivity index (χ0) is 13.7. The van der Waals surface area contributed by atoms with Gasteiger partial charge in [-0.3, -0.25) is 9.69 Å². The van der Waals surface area contributed by atoms with Crippen molar-refractivity contribution in [1.82, 2.24) is 4.90 Å². The number of rotatable bonds is 4. The Morgan fingerprint density at radius 2 is 2.37 bits per heavy atom. The maximum atomic E-state index is 11.3. The molecule has 1 aliphatic rings. The molecule has 0 aromatic heterocycles. The Morgan fingerprint density at radius 1 is 1.53 bits per heavy atom. The van der Waals surface area contributed by atoms with Gasteiger partial charge in [-0.15, -0.1) is 0 Å². The van der Waals surface area contributed by atoms with Gasteiger partial charge in [-0.25, -0.2) is 0 Å². The van der Waals surface area contributed by atoms with Crippen LogP contribution in [0.2, 0.25) is 5.02 Å². The molecule has 2 rings (SSSR count). The first-order valence-electron chi connectivity index (χ1n) is 6.71. The van der Waals surface area contributed by atoms with E-state index in [0.717, 1.165) is 37.5 Å². The summed E-state index contributed by atoms with van der Waals surface area (Å²) in [6.07, 6.45) is 2.78. The van der Waals surface area contributed by atoms with E-state index in [1.165, 1.54) is 12.7 Å². The summed E-state index contributed by atoms with van der Waals surface area (Å²) in [5.74, 6) is 0.315. The molecule has 0 bridgehead atoms. The van der Waals surface area contributed by atoms with Crippen LogP contribution in [0.1, 0.15) is 24.8 Å². The minimum atomic E-state index is -0.102. The maximum Gasteiger partial charge on any atom is 0.305 e. The number of benzene rings is 1. The van der Waals surface area contributed by atoms with E-state index >= 15 is 0 Å². The molecule has 3 nitrogen and oxygen atoms in total. The van der Waals surface area contributed by atoms with Crippen LogP contribution in [-0.4, -0.2) is 31.1 Å². The van der Waals surface area contributed by atoms with Gasteiger partial charge in [0.2, 0.25) is 0 Å². The average molecular weight is 282 g/mol. The van der Waals surface area contributed by atoms with Crippen LogP contribution in [0.3, 0.4) is 0 Å². The molecular formula is C15H20ClNO2. The summed E-state index contributed by atoms with van der Waals surface area (Å²) in [6, 6.07) is 7.97. The molecule has 0 aliphatic carbocycles. The van der Waals surface area contributed by atoms with Crippen LogP contribution in [0.15, 0.2) is 24.3 Å². The quantitative estimate of drug-likeness (QED) is 0.794. The molecule has 19 heavy (non-hydrogen) atoms. The third kappa shape index (κ3) is 4.51. The second kappa shape index (κ2) is 6.92. The molecular weight excluding hydrogens is 262 g/mol. The topological polar surface area (TPSA) is 29.5 Å². The number of nitrogens with zero attached hydrogens (tertiary/aromatic N) is 1. The third-order valence-corrected chi connectivity index (χ3v) is 3.82. The molecule has 1 aliphatic heterocycles. The SMILES string of the molecule is COC(=O)CC1CCCN(Cc2cccc(Cl)c2)C1. The zero-order valence-corrected chi connectivity index (χ0v) is 12.0. The van der Waals surface area contributed by atoms with Crippen molar-refractivity contribution in [3.05, 3.63) is 34.9 Å². The van der Waals surface area contributed by atoms with Gasteiger partial charge in [0.25, 0.3) is 0 Å². The normalized spacial score (nSPS) is 20.2. The van der Waals surface area contributed by atoms with E-state index in [2.05, 4.69) is 11.0 Å². The fourth-order valence-corrected chi connectivity index (χ4v) is 2.89. The second-order valence-corrected chi connectivity index (χ2v) is 5.59. The standard InChI is InChI=1S/C15H20ClNO2/c1-19-15(18)9-13-5-3-7-17(11-13)10-12-4-2-6-14(16)8-12/h2,4,6,8,13H,3,5,7,9-11H2,1H3. The lowest BCUT2D eigenvalue weighted by Gasteiger charge is -2.32. The third-order valence-electron chi connectivity index (χ3n) is 3.58. The molecule has 1 fully saturated rings. The van der Waals surface area contributed by atoms with Crippen molar-refractivity contribution in [2.45, 2.75) is 25.8 Å². The Labute approximate surface area is 119 Å². The van der Waals surface area contributed by atoms with Crippen LogP contribution < -0.4 is 0 Å². The van der Waals surface area contributed by atoms with Crippen molar-refractivity contribution in [1.29, 1.82) is 0 Å². The highest BCUT2D eigenvalue weighted by Crippen LogP contribution is 2.22. The minimum Gasteiger partial charge on any atom is -0.469 e. The van der Waals surface area contributed by atoms with Crippen LogP contribution in [0, 0.1) is 5.92 Å². The highest BCUT2D eigenvalue weighted by Gasteiger charge is 2.22. The van der Waals surface area contributed by atoms with Crippen molar-refractivity contribution in [3.63, 3.8) is 0 Å². The smallest absolute Gasteiger partial charge is 0.305 e. The van der Waals surface area contributed by atoms with Gasteiger partial charge in [0.15, 0.2) is 0 Å². The molecule has 0 spiro atoms. The Hall–Kier alpha value is -1.06. The van der Waals surface area contributed by atoms with Gasteiger partial charge in [0, 0.05) is 24.5 Å². The van der Waals surface area contributed by atoms with E-state index in [-0.39, 0.29) is 5.97 Å². The molecule has 4 heteroatoms. The number of hydrogen-bond acceptors (Lipinski definition) is 3. The van der Waals surface area contributed by atoms with Crippen LogP contribution in [0.25, 0.3) is 0 Å². The van der Waals surface area contributed by atoms with Gasteiger partial charge in [0.05, 0.1) is 7.11 Å². The number of esters is 1. The van der Waals surface area contributed by atoms with E-state index in [9.17, 15) is 4.79 Å². The monoisotopic (exact) mass is 281 g/mol. The fourth-order valence-electron chi connectivity index (χ4n) is 2.67. The van der Waals surface area contributed by atoms with Gasteiger partial charge in [-0.05, 0) is 43.0 Å². The summed E-state index contributed by atoms with van der Waals surface area (Å²) in [6.45, 7) is 2.95. The summed E-state index contributed by atoms with van der Waals surface area (Å²) in [4.78, 5) is 13.7. The molecule has 104 valence electrons. The number of methoxy groups -OCH3 is 1. The average Bonchev–Trinajstić information content (AvgIpc) is 2.39. The lowest BCUT2D eigenvalue weighted by Crippen LogP contribution is -2.35. The molecule has 1 heterocycles. The summed E-state index contributed by atoms with van der Waals surface area (Å²) < 4.78 is 4.75. The number of hydrogen-bond donors (Lipinski definition) is 0. The molecule has 0 radical (unpaired) electrons. The molecule has 1 aromatic rings. The molecule has 1 atom stereocenters. The lowest BCUT2D eigenvalue weighted by molar-refractivity contribution is -0.142. The van der Waals surface area contributed by atoms with Crippen LogP contribution >= 0.6 is 11.6 Å². The predicted molar refractivity (Wildman–Crippen MR) is 76.1 cm³/mol. The highest BCUT2D eigenvalue weighted by molar-refractivity contribution is 6.30. The van der Waals surface area contributed by atoms with Gasteiger partial charge in [-0.2, -0.15) is 0 Å². The van der Waals surface area contributed by atoms with Gasteiger partial charge in [-0.1, -0.05) is 23.7 Å². The summed E-state index contributed by atoms with van der Waals surface area (Å²) in [5, 5.41) is 0.778. The molecule has 0 amide bonds. The second-order valence-electron chi connectivity index (χ2n) is 5.15. The molecule has 0 saturated carbocycles. The molecule has 0 N–H and O–H groups in total. The summed E-state index contributed by atoms with van der Waals surface area (Å²) in [7, 11) is 1.45. The Bertz CT molecular complexity index is 436. The number of ether oxygens (including phenoxy) is 1. The van der Waals surface area contributed by atoms with E-state index in [1.807, 2.05) is 18.2 Å². The number of likely N-dealkylation sites (tertiary alicyclic amines) is 1. The van der Waals surface area contributed by atoms with Gasteiger partial charge >= 0.3 is 5.97 Å². The first-order valence-corrected chi connectivity index (χ1v) is 7.09. The maximum absolute atomic E-state index is 11.3. The van der Waals surface area contributed by atoms with Crippen molar-refractivity contribution in [3.8, 4) is 0 Å². The lowest BCUT2D eigenvalue weighted by atomic mass is 9.94. The predicted octanol–water partition coefficient (Wildman–Crippen LogP) is 3.12. The number of piperidine rings is 1. The first-order chi connectivity index (χ1) is 9.17. The van der Waals surface area contributed by atoms with Crippen LogP contribution in [0.5, 0.6) is 0 Å². The molecule has 1 aromatic carbocycles. The molecule has 1 saturated heterocycles. The number of halogens is 1. The van der Waals surface area contributed by atoms with E-state index in [4.69, 9.17) is 16.3 Å². The van der Waals surface area contributed by atoms with Gasteiger partial charge < -0.3 is 4.74 Å². The van der Waals surface area contributed by atoms with Crippen molar-refractivity contribution in [2.75, 3.05) is 20.2 Å². The van der Waals surface area contributed by atoms with Crippen LogP contribution in [-0.2, 0) is 16.1 Å². The largest absolute Gasteiger partial charge is 0.469 e. The van der Waals surface area contributed by atoms with Crippen molar-refractivity contribution < 1.29 is 9.53 Å². The Balaban J connectivity index is 1.89. The summed E-state index contributed by atoms with van der Waals surface area (Å²) in [5.41, 5.74) is 1.23. The zero-order valence-electron chi connectivity index (χ0n) is 11.3. The van der Waals surface area contributed by atoms with Crippen molar-refractivity contribution in [2.24, 2.45) is 5.92 Å². The van der Waals surface area contributed by atoms with Crippen molar-refractivity contribution >= 4 is 17.6 Å². The summed E-state index contributed by atoms with van der Waals surface area (Å²) >= 11 is 6.00. The van der Waals surface area contributed by atoms with Crippen LogP contribution in [0.4, 0.5) is 0 Å². The first kappa shape index (κ1) is 14.4. The number of carbonyl (C=O) groups is 1. The van der Waals surface area contributed by atoms with Gasteiger partial charge in [0.1, 0.15) is 0 Å². The van der Waals surface area contributed by atoms with E-state index < -0.39 is 0 Å². The highest BCUT2D eigenvalue weighted by atomic mass is 35.5. The Kier molecular flexibility index (Phi) is 5.23.